The maximum absolute atomic E-state index is 14.1. The average molecular weight is 544 g/mol. The van der Waals surface area contributed by atoms with Gasteiger partial charge in [0.25, 0.3) is 5.91 Å². The number of amides is 1. The Bertz CT molecular complexity index is 1220. The van der Waals surface area contributed by atoms with Crippen LogP contribution in [0.2, 0.25) is 0 Å². The molecule has 2 aromatic rings. The molecule has 0 saturated heterocycles. The lowest BCUT2D eigenvalue weighted by atomic mass is 9.82. The van der Waals surface area contributed by atoms with Gasteiger partial charge in [-0.15, -0.1) is 0 Å². The fraction of sp³-hybridized carbons (Fsp3) is 0.500. The average Bonchev–Trinajstić information content (AvgIpc) is 3.75. The first-order valence-corrected chi connectivity index (χ1v) is 13.6. The van der Waals surface area contributed by atoms with Crippen LogP contribution in [0, 0.1) is 11.8 Å². The minimum atomic E-state index is -4.52. The summed E-state index contributed by atoms with van der Waals surface area (Å²) in [6.07, 6.45) is 0.983. The summed E-state index contributed by atoms with van der Waals surface area (Å²) < 4.78 is 39.7. The van der Waals surface area contributed by atoms with Crippen molar-refractivity contribution in [3.8, 4) is 0 Å². The van der Waals surface area contributed by atoms with Crippen LogP contribution < -0.4 is 10.6 Å². The van der Waals surface area contributed by atoms with E-state index in [2.05, 4.69) is 11.9 Å². The summed E-state index contributed by atoms with van der Waals surface area (Å²) in [6.45, 7) is 2.09. The number of anilines is 1. The van der Waals surface area contributed by atoms with E-state index in [1.807, 2.05) is 0 Å². The molecule has 0 bridgehead atoms. The summed E-state index contributed by atoms with van der Waals surface area (Å²) in [4.78, 5) is 33.8. The van der Waals surface area contributed by atoms with Gasteiger partial charge in [-0.2, -0.15) is 13.2 Å². The van der Waals surface area contributed by atoms with E-state index < -0.39 is 41.1 Å². The minimum Gasteiger partial charge on any atom is -0.392 e. The maximum Gasteiger partial charge on any atom is 0.416 e. The van der Waals surface area contributed by atoms with Crippen LogP contribution >= 0.6 is 0 Å². The van der Waals surface area contributed by atoms with E-state index in [9.17, 15) is 27.9 Å². The topological polar surface area (TPSA) is 96.0 Å². The predicted octanol–water partition coefficient (Wildman–Crippen LogP) is 5.49. The second-order valence-electron chi connectivity index (χ2n) is 10.7. The summed E-state index contributed by atoms with van der Waals surface area (Å²) in [5.41, 5.74) is 4.79. The van der Waals surface area contributed by atoms with Crippen molar-refractivity contribution >= 4 is 23.1 Å². The molecule has 9 heteroatoms. The molecule has 2 aliphatic rings. The normalized spacial score (nSPS) is 21.2. The number of ketones is 1. The Morgan fingerprint density at radius 1 is 1.13 bits per heavy atom. The molecule has 0 radical (unpaired) electrons. The van der Waals surface area contributed by atoms with Gasteiger partial charge >= 0.3 is 6.18 Å². The molecule has 1 saturated carbocycles. The van der Waals surface area contributed by atoms with Gasteiger partial charge in [0.05, 0.1) is 23.1 Å². The zero-order chi connectivity index (χ0) is 28.4. The van der Waals surface area contributed by atoms with Gasteiger partial charge < -0.3 is 10.0 Å². The summed E-state index contributed by atoms with van der Waals surface area (Å²) >= 11 is 0. The van der Waals surface area contributed by atoms with E-state index in [0.29, 0.717) is 29.7 Å². The fourth-order valence-electron chi connectivity index (χ4n) is 5.23. The number of benzene rings is 2. The van der Waals surface area contributed by atoms with Gasteiger partial charge in [-0.3, -0.25) is 15.3 Å². The molecule has 2 aromatic carbocycles. The van der Waals surface area contributed by atoms with Gasteiger partial charge in [0.2, 0.25) is 5.66 Å². The quantitative estimate of drug-likeness (QED) is 0.289. The number of fused-ring (bicyclic) bond motifs is 1. The third kappa shape index (κ3) is 6.25. The van der Waals surface area contributed by atoms with Gasteiger partial charge in [-0.1, -0.05) is 75.8 Å². The Balaban J connectivity index is 1.78. The highest BCUT2D eigenvalue weighted by molar-refractivity contribution is 6.26. The van der Waals surface area contributed by atoms with Crippen LogP contribution in [0.4, 0.5) is 18.9 Å². The van der Waals surface area contributed by atoms with Crippen LogP contribution in [0.3, 0.4) is 0 Å². The molecule has 39 heavy (non-hydrogen) atoms. The monoisotopic (exact) mass is 543 g/mol. The predicted molar refractivity (Wildman–Crippen MR) is 144 cm³/mol. The summed E-state index contributed by atoms with van der Waals surface area (Å²) in [5, 5.41) is 11.1. The Morgan fingerprint density at radius 3 is 2.41 bits per heavy atom. The van der Waals surface area contributed by atoms with Gasteiger partial charge in [0.1, 0.15) is 0 Å². The van der Waals surface area contributed by atoms with Crippen molar-refractivity contribution in [1.82, 2.24) is 0 Å². The molecule has 6 nitrogen and oxygen atoms in total. The van der Waals surface area contributed by atoms with Crippen molar-refractivity contribution in [2.45, 2.75) is 76.2 Å². The number of carbonyl (C=O) groups excluding carboxylic acids is 2. The van der Waals surface area contributed by atoms with E-state index >= 15 is 0 Å². The summed E-state index contributed by atoms with van der Waals surface area (Å²) in [5.74, 6) is -2.00. The minimum absolute atomic E-state index is 0.149. The highest BCUT2D eigenvalue weighted by Gasteiger charge is 2.51. The number of aliphatic imine (C=N–C) groups is 1. The van der Waals surface area contributed by atoms with Gasteiger partial charge in [-0.25, -0.2) is 4.99 Å². The number of para-hydroxylation sites is 1. The number of halogens is 3. The lowest BCUT2D eigenvalue weighted by Crippen LogP contribution is -2.61. The SMILES string of the molecule is CCCCCC[C@H](O)[C@@H](CC1CC1)C(=O)C1(N)N=C(c2ccc(C(F)(F)F)cc2)c2ccccc2N(C)C1=O. The molecule has 0 aromatic heterocycles. The van der Waals surface area contributed by atoms with Crippen molar-refractivity contribution < 1.29 is 27.9 Å². The number of hydrogen-bond donors (Lipinski definition) is 2. The first-order valence-electron chi connectivity index (χ1n) is 13.6. The molecule has 4 rings (SSSR count). The largest absolute Gasteiger partial charge is 0.416 e. The molecular formula is C30H36F3N3O3. The van der Waals surface area contributed by atoms with Crippen molar-refractivity contribution in [2.75, 3.05) is 11.9 Å². The molecule has 1 amide bonds. The second-order valence-corrected chi connectivity index (χ2v) is 10.7. The molecular weight excluding hydrogens is 507 g/mol. The Kier molecular flexibility index (Phi) is 8.61. The van der Waals surface area contributed by atoms with E-state index in [4.69, 9.17) is 5.73 Å². The van der Waals surface area contributed by atoms with Gasteiger partial charge in [0.15, 0.2) is 5.78 Å². The van der Waals surface area contributed by atoms with Crippen LogP contribution in [-0.2, 0) is 15.8 Å². The fourth-order valence-corrected chi connectivity index (χ4v) is 5.23. The molecule has 3 atom stereocenters. The van der Waals surface area contributed by atoms with Crippen LogP contribution in [0.1, 0.15) is 75.0 Å². The number of likely N-dealkylation sites (N-methyl/N-ethyl adjacent to an activating group) is 1. The van der Waals surface area contributed by atoms with E-state index in [-0.39, 0.29) is 11.6 Å². The van der Waals surface area contributed by atoms with Crippen molar-refractivity contribution in [3.05, 3.63) is 65.2 Å². The van der Waals surface area contributed by atoms with Gasteiger partial charge in [0, 0.05) is 24.1 Å². The highest BCUT2D eigenvalue weighted by atomic mass is 19.4. The lowest BCUT2D eigenvalue weighted by molar-refractivity contribution is -0.139. The molecule has 1 aliphatic carbocycles. The zero-order valence-electron chi connectivity index (χ0n) is 22.4. The van der Waals surface area contributed by atoms with Crippen LogP contribution in [0.15, 0.2) is 53.5 Å². The number of benzodiazepines with no additional fused rings is 1. The number of rotatable bonds is 11. The lowest BCUT2D eigenvalue weighted by Gasteiger charge is -2.32. The summed E-state index contributed by atoms with van der Waals surface area (Å²) in [7, 11) is 1.50. The van der Waals surface area contributed by atoms with Crippen LogP contribution in [0.5, 0.6) is 0 Å². The number of aliphatic hydroxyl groups excluding tert-OH is 1. The zero-order valence-corrected chi connectivity index (χ0v) is 22.4. The molecule has 1 heterocycles. The van der Waals surface area contributed by atoms with E-state index in [0.717, 1.165) is 50.7 Å². The van der Waals surface area contributed by atoms with E-state index in [1.165, 1.54) is 24.1 Å². The standard InChI is InChI=1S/C30H36F3N3O3/c1-3-4-5-6-11-25(37)23(18-19-12-13-19)27(38)29(34)28(39)36(2)24-10-8-7-9-22(24)26(35-29)20-14-16-21(17-15-20)30(31,32)33/h7-10,14-17,19,23,25,37H,3-6,11-13,18,34H2,1-2H3/t23-,25+,29?/m1/s1. The third-order valence-corrected chi connectivity index (χ3v) is 7.74. The molecule has 0 spiro atoms. The van der Waals surface area contributed by atoms with Crippen molar-refractivity contribution in [3.63, 3.8) is 0 Å². The molecule has 1 unspecified atom stereocenters. The number of hydrogen-bond acceptors (Lipinski definition) is 5. The van der Waals surface area contributed by atoms with Crippen molar-refractivity contribution in [2.24, 2.45) is 22.6 Å². The number of Topliss-reactive ketones (excluding diaryl/α,β-unsaturated/α-hetero) is 1. The molecule has 1 fully saturated rings. The number of nitrogens with two attached hydrogens (primary N) is 1. The molecule has 1 aliphatic heterocycles. The first kappa shape index (κ1) is 29.0. The first-order chi connectivity index (χ1) is 18.5. The Labute approximate surface area is 227 Å². The second kappa shape index (κ2) is 11.6. The van der Waals surface area contributed by atoms with Gasteiger partial charge in [-0.05, 0) is 37.0 Å². The molecule has 210 valence electrons. The molecule has 3 N–H and O–H groups in total. The van der Waals surface area contributed by atoms with E-state index in [1.54, 1.807) is 24.3 Å². The highest BCUT2D eigenvalue weighted by Crippen LogP contribution is 2.40. The number of aliphatic hydroxyl groups is 1. The van der Waals surface area contributed by atoms with Crippen LogP contribution in [0.25, 0.3) is 0 Å². The van der Waals surface area contributed by atoms with Crippen molar-refractivity contribution in [1.29, 1.82) is 0 Å². The smallest absolute Gasteiger partial charge is 0.392 e. The Morgan fingerprint density at radius 2 is 1.79 bits per heavy atom. The third-order valence-electron chi connectivity index (χ3n) is 7.74. The summed E-state index contributed by atoms with van der Waals surface area (Å²) in [6, 6.07) is 11.2. The number of carbonyl (C=O) groups is 2. The number of nitrogens with zero attached hydrogens (tertiary/aromatic N) is 2. The number of alkyl halides is 3. The number of unbranched alkanes of at least 4 members (excludes halogenated alkanes) is 3. The Hall–Kier alpha value is -3.04. The van der Waals surface area contributed by atoms with Crippen LogP contribution in [-0.4, -0.2) is 41.3 Å². The maximum atomic E-state index is 14.1.